The predicted molar refractivity (Wildman–Crippen MR) is 41.4 cm³/mol. The zero-order valence-corrected chi connectivity index (χ0v) is 8.56. The molecule has 0 aliphatic carbocycles. The molecule has 0 saturated carbocycles. The Bertz CT molecular complexity index is 130. The van der Waals surface area contributed by atoms with Gasteiger partial charge in [0.2, 0.25) is 2.14 Å². The van der Waals surface area contributed by atoms with Crippen molar-refractivity contribution >= 4 is 53.8 Å². The minimum Gasteiger partial charge on any atom is -0.281 e. The van der Waals surface area contributed by atoms with Crippen LogP contribution in [0.4, 0.5) is 0 Å². The molecule has 0 rings (SSSR count). The standard InChI is InChI=1S/C2Br3NO3/c3-2(4,5)1(7)9-6-8. The number of carbonyl (C=O) groups excluding carboxylic acids is 1. The first-order valence-corrected chi connectivity index (χ1v) is 3.97. The first-order chi connectivity index (χ1) is 3.98. The molecule has 0 aromatic carbocycles. The van der Waals surface area contributed by atoms with Gasteiger partial charge in [-0.05, 0) is 47.8 Å². The fourth-order valence-corrected chi connectivity index (χ4v) is 0.303. The Morgan fingerprint density at radius 1 is 1.44 bits per heavy atom. The molecule has 0 heterocycles. The zero-order valence-electron chi connectivity index (χ0n) is 3.81. The maximum atomic E-state index is 10.4. The molecule has 0 amide bonds. The van der Waals surface area contributed by atoms with Gasteiger partial charge in [-0.2, -0.15) is 0 Å². The van der Waals surface area contributed by atoms with Crippen molar-refractivity contribution in [2.45, 2.75) is 2.14 Å². The third kappa shape index (κ3) is 3.99. The van der Waals surface area contributed by atoms with Crippen molar-refractivity contribution in [1.29, 1.82) is 0 Å². The molecule has 0 atom stereocenters. The topological polar surface area (TPSA) is 55.7 Å². The lowest BCUT2D eigenvalue weighted by atomic mass is 10.8. The van der Waals surface area contributed by atoms with E-state index in [2.05, 4.69) is 52.6 Å². The summed E-state index contributed by atoms with van der Waals surface area (Å²) in [4.78, 5) is 23.4. The highest BCUT2D eigenvalue weighted by molar-refractivity contribution is 9.40. The average Bonchev–Trinajstić information content (AvgIpc) is 1.64. The van der Waals surface area contributed by atoms with Crippen molar-refractivity contribution < 1.29 is 9.63 Å². The molecule has 0 fully saturated rings. The fraction of sp³-hybridized carbons (Fsp3) is 0.500. The smallest absolute Gasteiger partial charge is 0.281 e. The van der Waals surface area contributed by atoms with Crippen LogP contribution in [0.3, 0.4) is 0 Å². The Morgan fingerprint density at radius 3 is 2.00 bits per heavy atom. The van der Waals surface area contributed by atoms with E-state index < -0.39 is 8.11 Å². The van der Waals surface area contributed by atoms with Crippen LogP contribution in [0.1, 0.15) is 0 Å². The third-order valence-electron chi connectivity index (χ3n) is 0.352. The molecule has 0 aliphatic rings. The molecule has 0 radical (unpaired) electrons. The maximum Gasteiger partial charge on any atom is 0.376 e. The Balaban J connectivity index is 3.88. The van der Waals surface area contributed by atoms with E-state index in [1.54, 1.807) is 0 Å². The van der Waals surface area contributed by atoms with Crippen molar-refractivity contribution in [3.8, 4) is 0 Å². The first kappa shape index (κ1) is 9.51. The molecule has 0 bridgehead atoms. The van der Waals surface area contributed by atoms with Crippen LogP contribution < -0.4 is 0 Å². The number of halogens is 3. The second kappa shape index (κ2) is 3.62. The van der Waals surface area contributed by atoms with E-state index in [0.717, 1.165) is 0 Å². The highest BCUT2D eigenvalue weighted by Crippen LogP contribution is 2.34. The Morgan fingerprint density at radius 2 is 1.89 bits per heavy atom. The minimum atomic E-state index is -1.21. The van der Waals surface area contributed by atoms with Gasteiger partial charge in [0.15, 0.2) is 5.34 Å². The second-order valence-electron chi connectivity index (χ2n) is 0.951. The lowest BCUT2D eigenvalue weighted by molar-refractivity contribution is -0.141. The summed E-state index contributed by atoms with van der Waals surface area (Å²) < 4.78 is -1.21. The highest BCUT2D eigenvalue weighted by Gasteiger charge is 2.31. The molecule has 9 heavy (non-hydrogen) atoms. The van der Waals surface area contributed by atoms with E-state index in [1.165, 1.54) is 0 Å². The van der Waals surface area contributed by atoms with Crippen LogP contribution in [0, 0.1) is 4.91 Å². The average molecular weight is 326 g/mol. The number of hydrogen-bond acceptors (Lipinski definition) is 4. The van der Waals surface area contributed by atoms with Gasteiger partial charge in [0.1, 0.15) is 0 Å². The summed E-state index contributed by atoms with van der Waals surface area (Å²) in [6, 6.07) is 0. The van der Waals surface area contributed by atoms with E-state index in [-0.39, 0.29) is 0 Å². The van der Waals surface area contributed by atoms with Gasteiger partial charge < -0.3 is 0 Å². The van der Waals surface area contributed by atoms with Gasteiger partial charge in [0.05, 0.1) is 0 Å². The van der Waals surface area contributed by atoms with Crippen LogP contribution in [0.15, 0.2) is 5.34 Å². The number of nitrogens with zero attached hydrogens (tertiary/aromatic N) is 1. The number of alkyl halides is 3. The molecule has 0 aromatic heterocycles. The second-order valence-corrected chi connectivity index (χ2v) is 7.71. The summed E-state index contributed by atoms with van der Waals surface area (Å²) in [5.74, 6) is -0.863. The molecular formula is C2Br3NO3. The van der Waals surface area contributed by atoms with Crippen molar-refractivity contribution in [3.05, 3.63) is 4.91 Å². The van der Waals surface area contributed by atoms with Gasteiger partial charge in [-0.1, -0.05) is 0 Å². The molecule has 4 nitrogen and oxygen atoms in total. The summed E-state index contributed by atoms with van der Waals surface area (Å²) in [7, 11) is 0. The molecule has 0 aromatic rings. The minimum absolute atomic E-state index is 0.863. The van der Waals surface area contributed by atoms with Crippen molar-refractivity contribution in [3.63, 3.8) is 0 Å². The Hall–Kier alpha value is 0.510. The molecule has 7 heteroatoms. The van der Waals surface area contributed by atoms with Gasteiger partial charge in [-0.3, -0.25) is 4.84 Å². The Labute approximate surface area is 75.6 Å². The quantitative estimate of drug-likeness (QED) is 0.421. The van der Waals surface area contributed by atoms with Crippen LogP contribution in [-0.2, 0) is 9.63 Å². The highest BCUT2D eigenvalue weighted by atomic mass is 80.0. The summed E-state index contributed by atoms with van der Waals surface area (Å²) in [6.45, 7) is 0. The van der Waals surface area contributed by atoms with Crippen LogP contribution >= 0.6 is 47.8 Å². The van der Waals surface area contributed by atoms with E-state index in [1.807, 2.05) is 5.34 Å². The Kier molecular flexibility index (Phi) is 3.83. The zero-order chi connectivity index (χ0) is 7.49. The van der Waals surface area contributed by atoms with Gasteiger partial charge in [0.25, 0.3) is 0 Å². The molecule has 0 spiro atoms. The summed E-state index contributed by atoms with van der Waals surface area (Å²) in [6.07, 6.45) is 0. The molecule has 0 aliphatic heterocycles. The van der Waals surface area contributed by atoms with Crippen molar-refractivity contribution in [1.82, 2.24) is 0 Å². The number of hydrogen-bond donors (Lipinski definition) is 0. The SMILES string of the molecule is O=NOC(=O)C(Br)(Br)Br. The summed E-state index contributed by atoms with van der Waals surface area (Å²) in [5.41, 5.74) is 0. The molecular weight excluding hydrogens is 326 g/mol. The molecule has 52 valence electrons. The van der Waals surface area contributed by atoms with Gasteiger partial charge in [-0.15, -0.1) is 4.91 Å². The summed E-state index contributed by atoms with van der Waals surface area (Å²) in [5, 5.41) is 1.91. The maximum absolute atomic E-state index is 10.4. The van der Waals surface area contributed by atoms with Crippen molar-refractivity contribution in [2.24, 2.45) is 5.34 Å². The molecule has 0 N–H and O–H groups in total. The largest absolute Gasteiger partial charge is 0.376 e. The number of carbonyl (C=O) groups is 1. The van der Waals surface area contributed by atoms with Gasteiger partial charge >= 0.3 is 5.97 Å². The molecule has 0 saturated heterocycles. The number of rotatable bonds is 1. The molecule has 0 unspecified atom stereocenters. The first-order valence-electron chi connectivity index (χ1n) is 1.59. The van der Waals surface area contributed by atoms with Crippen molar-refractivity contribution in [2.75, 3.05) is 0 Å². The van der Waals surface area contributed by atoms with Crippen LogP contribution in [-0.4, -0.2) is 8.11 Å². The normalized spacial score (nSPS) is 10.6. The van der Waals surface area contributed by atoms with E-state index in [0.29, 0.717) is 0 Å². The fourth-order valence-electron chi connectivity index (χ4n) is 0.0856. The van der Waals surface area contributed by atoms with Gasteiger partial charge in [0, 0.05) is 0 Å². The van der Waals surface area contributed by atoms with Crippen LogP contribution in [0.5, 0.6) is 0 Å². The van der Waals surface area contributed by atoms with E-state index in [4.69, 9.17) is 0 Å². The summed E-state index contributed by atoms with van der Waals surface area (Å²) >= 11 is 8.41. The predicted octanol–water partition coefficient (Wildman–Crippen LogP) is 2.05. The van der Waals surface area contributed by atoms with Crippen LogP contribution in [0.2, 0.25) is 0 Å². The van der Waals surface area contributed by atoms with Gasteiger partial charge in [-0.25, -0.2) is 4.79 Å². The van der Waals surface area contributed by atoms with E-state index in [9.17, 15) is 9.70 Å². The lowest BCUT2D eigenvalue weighted by Crippen LogP contribution is -2.17. The lowest BCUT2D eigenvalue weighted by Gasteiger charge is -2.03. The third-order valence-corrected chi connectivity index (χ3v) is 1.32. The van der Waals surface area contributed by atoms with E-state index >= 15 is 0 Å². The van der Waals surface area contributed by atoms with Crippen LogP contribution in [0.25, 0.3) is 0 Å². The monoisotopic (exact) mass is 323 g/mol.